The lowest BCUT2D eigenvalue weighted by Gasteiger charge is -2.23. The number of hydrogen-bond acceptors (Lipinski definition) is 5. The summed E-state index contributed by atoms with van der Waals surface area (Å²) in [4.78, 5) is -0.218. The van der Waals surface area contributed by atoms with E-state index in [0.717, 1.165) is 18.4 Å². The molecule has 0 radical (unpaired) electrons. The fourth-order valence-corrected chi connectivity index (χ4v) is 4.72. The van der Waals surface area contributed by atoms with E-state index in [0.29, 0.717) is 19.4 Å². The summed E-state index contributed by atoms with van der Waals surface area (Å²) in [6.07, 6.45) is 2.26. The first kappa shape index (κ1) is 17.1. The second kappa shape index (κ2) is 6.11. The van der Waals surface area contributed by atoms with Crippen LogP contribution in [0.3, 0.4) is 0 Å². The van der Waals surface area contributed by atoms with E-state index in [9.17, 15) is 21.2 Å². The van der Waals surface area contributed by atoms with E-state index in [1.54, 1.807) is 0 Å². The molecular formula is C12H18FN3O4S2. The van der Waals surface area contributed by atoms with Crippen LogP contribution < -0.4 is 10.5 Å². The van der Waals surface area contributed by atoms with Crippen LogP contribution in [0.5, 0.6) is 0 Å². The molecule has 1 aromatic rings. The van der Waals surface area contributed by atoms with Crippen molar-refractivity contribution in [1.82, 2.24) is 4.31 Å². The standard InChI is InChI=1S/C12H18FN3O4S2/c1-21(17,18)15-12-5-4-10(7-11(12)13)22(19,20)16-6-2-3-9(16)8-14/h4-5,7,9,15H,2-3,6,8,14H2,1H3. The van der Waals surface area contributed by atoms with E-state index < -0.39 is 25.9 Å². The summed E-state index contributed by atoms with van der Waals surface area (Å²) in [5.74, 6) is -0.949. The Morgan fingerprint density at radius 2 is 2.05 bits per heavy atom. The molecule has 0 saturated carbocycles. The monoisotopic (exact) mass is 351 g/mol. The van der Waals surface area contributed by atoms with Gasteiger partial charge >= 0.3 is 0 Å². The Balaban J connectivity index is 2.35. The Morgan fingerprint density at radius 3 is 2.59 bits per heavy atom. The van der Waals surface area contributed by atoms with Crippen molar-refractivity contribution in [2.45, 2.75) is 23.8 Å². The van der Waals surface area contributed by atoms with Crippen molar-refractivity contribution in [2.75, 3.05) is 24.1 Å². The number of halogens is 1. The SMILES string of the molecule is CS(=O)(=O)Nc1ccc(S(=O)(=O)N2CCCC2CN)cc1F. The predicted molar refractivity (Wildman–Crippen MR) is 80.8 cm³/mol. The van der Waals surface area contributed by atoms with Crippen molar-refractivity contribution >= 4 is 25.7 Å². The van der Waals surface area contributed by atoms with E-state index in [-0.39, 0.29) is 23.2 Å². The lowest BCUT2D eigenvalue weighted by molar-refractivity contribution is 0.393. The number of rotatable bonds is 5. The number of benzene rings is 1. The molecular weight excluding hydrogens is 333 g/mol. The van der Waals surface area contributed by atoms with Gasteiger partial charge in [-0.1, -0.05) is 0 Å². The van der Waals surface area contributed by atoms with Crippen LogP contribution in [0.25, 0.3) is 0 Å². The molecule has 0 aliphatic carbocycles. The first-order valence-corrected chi connectivity index (χ1v) is 9.97. The number of hydrogen-bond donors (Lipinski definition) is 2. The third-order valence-electron chi connectivity index (χ3n) is 3.44. The van der Waals surface area contributed by atoms with Gasteiger partial charge in [-0.15, -0.1) is 0 Å². The molecule has 1 atom stereocenters. The summed E-state index contributed by atoms with van der Waals surface area (Å²) >= 11 is 0. The van der Waals surface area contributed by atoms with Crippen LogP contribution in [0.1, 0.15) is 12.8 Å². The van der Waals surface area contributed by atoms with Gasteiger partial charge < -0.3 is 5.73 Å². The second-order valence-corrected chi connectivity index (χ2v) is 8.80. The molecule has 10 heteroatoms. The van der Waals surface area contributed by atoms with Gasteiger partial charge in [-0.25, -0.2) is 21.2 Å². The minimum Gasteiger partial charge on any atom is -0.329 e. The van der Waals surface area contributed by atoms with Crippen LogP contribution in [0.2, 0.25) is 0 Å². The maximum atomic E-state index is 13.9. The maximum absolute atomic E-state index is 13.9. The van der Waals surface area contributed by atoms with Crippen molar-refractivity contribution in [3.05, 3.63) is 24.0 Å². The lowest BCUT2D eigenvalue weighted by atomic mass is 10.2. The molecule has 22 heavy (non-hydrogen) atoms. The molecule has 0 bridgehead atoms. The summed E-state index contributed by atoms with van der Waals surface area (Å²) in [5.41, 5.74) is 5.27. The minimum atomic E-state index is -3.85. The van der Waals surface area contributed by atoms with Gasteiger partial charge in [0, 0.05) is 19.1 Å². The highest BCUT2D eigenvalue weighted by Crippen LogP contribution is 2.27. The highest BCUT2D eigenvalue weighted by atomic mass is 32.2. The van der Waals surface area contributed by atoms with E-state index >= 15 is 0 Å². The van der Waals surface area contributed by atoms with Crippen LogP contribution in [-0.4, -0.2) is 46.5 Å². The summed E-state index contributed by atoms with van der Waals surface area (Å²) in [6, 6.07) is 2.80. The molecule has 2 rings (SSSR count). The lowest BCUT2D eigenvalue weighted by Crippen LogP contribution is -2.39. The number of nitrogens with one attached hydrogen (secondary N) is 1. The molecule has 0 spiro atoms. The van der Waals surface area contributed by atoms with Crippen LogP contribution in [0.15, 0.2) is 23.1 Å². The fraction of sp³-hybridized carbons (Fsp3) is 0.500. The molecule has 1 heterocycles. The average molecular weight is 351 g/mol. The van der Waals surface area contributed by atoms with Crippen molar-refractivity contribution in [1.29, 1.82) is 0 Å². The number of anilines is 1. The van der Waals surface area contributed by atoms with Gasteiger partial charge in [0.1, 0.15) is 5.82 Å². The van der Waals surface area contributed by atoms with Gasteiger partial charge in [0.15, 0.2) is 0 Å². The number of sulfonamides is 2. The first-order valence-electron chi connectivity index (χ1n) is 6.64. The quantitative estimate of drug-likeness (QED) is 0.793. The Labute approximate surface area is 129 Å². The van der Waals surface area contributed by atoms with E-state index in [2.05, 4.69) is 0 Å². The topological polar surface area (TPSA) is 110 Å². The molecule has 1 saturated heterocycles. The third-order valence-corrected chi connectivity index (χ3v) is 5.98. The molecule has 7 nitrogen and oxygen atoms in total. The molecule has 1 aromatic carbocycles. The van der Waals surface area contributed by atoms with Gasteiger partial charge in [-0.2, -0.15) is 4.31 Å². The Bertz CT molecular complexity index is 765. The Morgan fingerprint density at radius 1 is 1.36 bits per heavy atom. The molecule has 1 aliphatic rings. The van der Waals surface area contributed by atoms with Crippen molar-refractivity contribution in [3.63, 3.8) is 0 Å². The van der Waals surface area contributed by atoms with Gasteiger partial charge in [-0.3, -0.25) is 4.72 Å². The Kier molecular flexibility index (Phi) is 4.76. The van der Waals surface area contributed by atoms with E-state index in [1.165, 1.54) is 10.4 Å². The van der Waals surface area contributed by atoms with E-state index in [1.807, 2.05) is 4.72 Å². The first-order chi connectivity index (χ1) is 10.1. The summed E-state index contributed by atoms with van der Waals surface area (Å²) in [6.45, 7) is 0.546. The molecule has 124 valence electrons. The second-order valence-electron chi connectivity index (χ2n) is 5.16. The molecule has 1 unspecified atom stereocenters. The maximum Gasteiger partial charge on any atom is 0.243 e. The van der Waals surface area contributed by atoms with Crippen LogP contribution in [0, 0.1) is 5.82 Å². The summed E-state index contributed by atoms with van der Waals surface area (Å²) < 4.78 is 64.4. The van der Waals surface area contributed by atoms with Crippen LogP contribution in [-0.2, 0) is 20.0 Å². The van der Waals surface area contributed by atoms with Gasteiger partial charge in [0.25, 0.3) is 0 Å². The predicted octanol–water partition coefficient (Wildman–Crippen LogP) is 0.309. The van der Waals surface area contributed by atoms with Crippen LogP contribution in [0.4, 0.5) is 10.1 Å². The van der Waals surface area contributed by atoms with Crippen molar-refractivity contribution in [3.8, 4) is 0 Å². The van der Waals surface area contributed by atoms with Gasteiger partial charge in [-0.05, 0) is 31.0 Å². The fourth-order valence-electron chi connectivity index (χ4n) is 2.44. The smallest absolute Gasteiger partial charge is 0.243 e. The minimum absolute atomic E-state index is 0.204. The summed E-state index contributed by atoms with van der Waals surface area (Å²) in [7, 11) is -7.49. The largest absolute Gasteiger partial charge is 0.329 e. The highest BCUT2D eigenvalue weighted by Gasteiger charge is 2.34. The molecule has 3 N–H and O–H groups in total. The van der Waals surface area contributed by atoms with Crippen molar-refractivity contribution < 1.29 is 21.2 Å². The molecule has 1 fully saturated rings. The number of nitrogens with zero attached hydrogens (tertiary/aromatic N) is 1. The normalized spacial score (nSPS) is 20.2. The number of nitrogens with two attached hydrogens (primary N) is 1. The average Bonchev–Trinajstić information content (AvgIpc) is 2.88. The summed E-state index contributed by atoms with van der Waals surface area (Å²) in [5, 5.41) is 0. The van der Waals surface area contributed by atoms with Crippen LogP contribution >= 0.6 is 0 Å². The highest BCUT2D eigenvalue weighted by molar-refractivity contribution is 7.92. The van der Waals surface area contributed by atoms with Crippen molar-refractivity contribution in [2.24, 2.45) is 5.73 Å². The van der Waals surface area contributed by atoms with Gasteiger partial charge in [0.05, 0.1) is 16.8 Å². The Hall–Kier alpha value is -1.23. The third kappa shape index (κ3) is 3.57. The zero-order valence-corrected chi connectivity index (χ0v) is 13.6. The zero-order valence-electron chi connectivity index (χ0n) is 12.0. The van der Waals surface area contributed by atoms with Gasteiger partial charge in [0.2, 0.25) is 20.0 Å². The molecule has 0 aromatic heterocycles. The van der Waals surface area contributed by atoms with E-state index in [4.69, 9.17) is 5.73 Å². The zero-order chi connectivity index (χ0) is 16.5. The molecule has 1 aliphatic heterocycles. The molecule has 0 amide bonds.